The van der Waals surface area contributed by atoms with Crippen molar-refractivity contribution in [3.05, 3.63) is 53.2 Å². The summed E-state index contributed by atoms with van der Waals surface area (Å²) in [5.41, 5.74) is 11.6. The first kappa shape index (κ1) is 15.6. The van der Waals surface area contributed by atoms with Gasteiger partial charge in [0.25, 0.3) is 0 Å². The first-order valence-corrected chi connectivity index (χ1v) is 8.85. The molecule has 1 aromatic heterocycles. The summed E-state index contributed by atoms with van der Waals surface area (Å²) in [5, 5.41) is 1.96. The van der Waals surface area contributed by atoms with Gasteiger partial charge in [-0.05, 0) is 68.2 Å². The van der Waals surface area contributed by atoms with Gasteiger partial charge < -0.3 is 15.6 Å². The van der Waals surface area contributed by atoms with Crippen molar-refractivity contribution in [2.24, 2.45) is 0 Å². The molecule has 2 aromatic carbocycles. The summed E-state index contributed by atoms with van der Waals surface area (Å²) in [6.45, 7) is 1.21. The summed E-state index contributed by atoms with van der Waals surface area (Å²) >= 11 is 6.03. The van der Waals surface area contributed by atoms with Crippen LogP contribution in [0.4, 0.5) is 5.69 Å². The van der Waals surface area contributed by atoms with Gasteiger partial charge in [0.15, 0.2) is 0 Å². The number of aromatic nitrogens is 1. The Bertz CT molecular complexity index is 884. The number of anilines is 1. The highest BCUT2D eigenvalue weighted by Gasteiger charge is 2.22. The van der Waals surface area contributed by atoms with Crippen molar-refractivity contribution in [3.63, 3.8) is 0 Å². The zero-order valence-electron chi connectivity index (χ0n) is 13.8. The van der Waals surface area contributed by atoms with Gasteiger partial charge in [0, 0.05) is 39.4 Å². The number of nitrogens with one attached hydrogen (secondary N) is 1. The zero-order chi connectivity index (χ0) is 16.7. The summed E-state index contributed by atoms with van der Waals surface area (Å²) < 4.78 is 0. The average Bonchev–Trinajstić information content (AvgIpc) is 3.14. The first-order chi connectivity index (χ1) is 11.6. The van der Waals surface area contributed by atoms with E-state index in [0.29, 0.717) is 11.1 Å². The molecule has 0 aliphatic carbocycles. The fourth-order valence-corrected chi connectivity index (χ4v) is 3.98. The second-order valence-electron chi connectivity index (χ2n) is 6.79. The highest BCUT2D eigenvalue weighted by molar-refractivity contribution is 6.31. The predicted octanol–water partition coefficient (Wildman–Crippen LogP) is 4.71. The highest BCUT2D eigenvalue weighted by Crippen LogP contribution is 2.32. The molecule has 1 atom stereocenters. The van der Waals surface area contributed by atoms with Crippen molar-refractivity contribution >= 4 is 28.2 Å². The van der Waals surface area contributed by atoms with Gasteiger partial charge in [0.1, 0.15) is 0 Å². The van der Waals surface area contributed by atoms with E-state index < -0.39 is 0 Å². The fourth-order valence-electron chi connectivity index (χ4n) is 3.80. The summed E-state index contributed by atoms with van der Waals surface area (Å²) in [5.74, 6) is 0. The second kappa shape index (κ2) is 6.15. The summed E-state index contributed by atoms with van der Waals surface area (Å²) in [7, 11) is 2.23. The Labute approximate surface area is 147 Å². The molecule has 3 aromatic rings. The molecule has 0 amide bonds. The molecule has 124 valence electrons. The van der Waals surface area contributed by atoms with Crippen LogP contribution in [0.1, 0.15) is 18.4 Å². The van der Waals surface area contributed by atoms with Crippen molar-refractivity contribution in [2.75, 3.05) is 19.3 Å². The number of halogens is 1. The van der Waals surface area contributed by atoms with E-state index in [-0.39, 0.29) is 0 Å². The summed E-state index contributed by atoms with van der Waals surface area (Å²) in [6, 6.07) is 12.8. The molecule has 0 spiro atoms. The molecule has 4 heteroatoms. The van der Waals surface area contributed by atoms with E-state index in [1.165, 1.54) is 35.9 Å². The number of likely N-dealkylation sites (N-methyl/N-ethyl adjacent to an activating group) is 1. The van der Waals surface area contributed by atoms with E-state index in [1.807, 2.05) is 18.2 Å². The normalized spacial score (nSPS) is 18.5. The minimum atomic E-state index is 0.647. The molecule has 1 fully saturated rings. The Morgan fingerprint density at radius 3 is 2.88 bits per heavy atom. The van der Waals surface area contributed by atoms with Crippen LogP contribution in [-0.2, 0) is 6.42 Å². The number of fused-ring (bicyclic) bond motifs is 1. The Morgan fingerprint density at radius 1 is 1.25 bits per heavy atom. The van der Waals surface area contributed by atoms with Crippen molar-refractivity contribution in [3.8, 4) is 11.1 Å². The van der Waals surface area contributed by atoms with E-state index in [4.69, 9.17) is 17.3 Å². The van der Waals surface area contributed by atoms with Crippen LogP contribution >= 0.6 is 11.6 Å². The standard InChI is InChI=1S/C20H22ClN3/c1-24-8-2-3-16(24)9-14-12-23-20-7-4-13(10-18(14)20)17-6-5-15(21)11-19(17)22/h4-7,10-12,16,23H,2-3,8-9,22H2,1H3/t16-/m1/s1. The molecule has 3 N–H and O–H groups in total. The van der Waals surface area contributed by atoms with Crippen LogP contribution in [0.15, 0.2) is 42.6 Å². The largest absolute Gasteiger partial charge is 0.398 e. The van der Waals surface area contributed by atoms with Crippen LogP contribution in [0.25, 0.3) is 22.0 Å². The average molecular weight is 340 g/mol. The molecule has 3 nitrogen and oxygen atoms in total. The number of aromatic amines is 1. The number of hydrogen-bond acceptors (Lipinski definition) is 2. The minimum Gasteiger partial charge on any atom is -0.398 e. The molecular weight excluding hydrogens is 318 g/mol. The molecule has 1 saturated heterocycles. The first-order valence-electron chi connectivity index (χ1n) is 8.47. The van der Waals surface area contributed by atoms with Crippen LogP contribution in [0.2, 0.25) is 5.02 Å². The third-order valence-electron chi connectivity index (χ3n) is 5.22. The maximum Gasteiger partial charge on any atom is 0.0457 e. The number of nitrogens with zero attached hydrogens (tertiary/aromatic N) is 1. The fraction of sp³-hybridized carbons (Fsp3) is 0.300. The van der Waals surface area contributed by atoms with Crippen molar-refractivity contribution < 1.29 is 0 Å². The second-order valence-corrected chi connectivity index (χ2v) is 7.22. The minimum absolute atomic E-state index is 0.647. The molecular formula is C20H22ClN3. The van der Waals surface area contributed by atoms with Crippen molar-refractivity contribution in [1.82, 2.24) is 9.88 Å². The van der Waals surface area contributed by atoms with E-state index in [2.05, 4.69) is 41.3 Å². The lowest BCUT2D eigenvalue weighted by Gasteiger charge is -2.18. The Morgan fingerprint density at radius 2 is 2.12 bits per heavy atom. The molecule has 0 unspecified atom stereocenters. The van der Waals surface area contributed by atoms with E-state index >= 15 is 0 Å². The molecule has 2 heterocycles. The quantitative estimate of drug-likeness (QED) is 0.679. The number of likely N-dealkylation sites (tertiary alicyclic amines) is 1. The number of hydrogen-bond donors (Lipinski definition) is 2. The van der Waals surface area contributed by atoms with Gasteiger partial charge in [-0.15, -0.1) is 0 Å². The van der Waals surface area contributed by atoms with Gasteiger partial charge in [0.2, 0.25) is 0 Å². The lowest BCUT2D eigenvalue weighted by Crippen LogP contribution is -2.26. The number of rotatable bonds is 3. The number of nitrogens with two attached hydrogens (primary N) is 1. The topological polar surface area (TPSA) is 45.0 Å². The predicted molar refractivity (Wildman–Crippen MR) is 103 cm³/mol. The van der Waals surface area contributed by atoms with Gasteiger partial charge in [0.05, 0.1) is 0 Å². The van der Waals surface area contributed by atoms with Gasteiger partial charge in [-0.2, -0.15) is 0 Å². The van der Waals surface area contributed by atoms with Gasteiger partial charge in [-0.3, -0.25) is 0 Å². The van der Waals surface area contributed by atoms with Gasteiger partial charge in [-0.25, -0.2) is 0 Å². The lowest BCUT2D eigenvalue weighted by atomic mass is 9.98. The zero-order valence-corrected chi connectivity index (χ0v) is 14.6. The molecule has 0 bridgehead atoms. The molecule has 0 radical (unpaired) electrons. The lowest BCUT2D eigenvalue weighted by molar-refractivity contribution is 0.310. The smallest absolute Gasteiger partial charge is 0.0457 e. The molecule has 0 saturated carbocycles. The number of nitrogen functional groups attached to an aromatic ring is 1. The Hall–Kier alpha value is -1.97. The van der Waals surface area contributed by atoms with Crippen LogP contribution in [0, 0.1) is 0 Å². The van der Waals surface area contributed by atoms with Crippen LogP contribution < -0.4 is 5.73 Å². The highest BCUT2D eigenvalue weighted by atomic mass is 35.5. The molecule has 1 aliphatic rings. The van der Waals surface area contributed by atoms with Crippen LogP contribution in [0.3, 0.4) is 0 Å². The van der Waals surface area contributed by atoms with Crippen molar-refractivity contribution in [2.45, 2.75) is 25.3 Å². The monoisotopic (exact) mass is 339 g/mol. The van der Waals surface area contributed by atoms with Crippen LogP contribution in [-0.4, -0.2) is 29.5 Å². The maximum absolute atomic E-state index is 6.16. The van der Waals surface area contributed by atoms with E-state index in [1.54, 1.807) is 0 Å². The Balaban J connectivity index is 1.73. The SMILES string of the molecule is CN1CCC[C@@H]1Cc1c[nH]c2ccc(-c3ccc(Cl)cc3N)cc12. The maximum atomic E-state index is 6.16. The summed E-state index contributed by atoms with van der Waals surface area (Å²) in [6.07, 6.45) is 5.84. The van der Waals surface area contributed by atoms with Crippen LogP contribution in [0.5, 0.6) is 0 Å². The van der Waals surface area contributed by atoms with E-state index in [0.717, 1.165) is 23.2 Å². The van der Waals surface area contributed by atoms with Gasteiger partial charge in [-0.1, -0.05) is 23.7 Å². The third-order valence-corrected chi connectivity index (χ3v) is 5.45. The Kier molecular flexibility index (Phi) is 3.99. The molecule has 24 heavy (non-hydrogen) atoms. The number of benzene rings is 2. The van der Waals surface area contributed by atoms with E-state index in [9.17, 15) is 0 Å². The molecule has 1 aliphatic heterocycles. The number of H-pyrrole nitrogens is 1. The summed E-state index contributed by atoms with van der Waals surface area (Å²) in [4.78, 5) is 5.88. The van der Waals surface area contributed by atoms with Gasteiger partial charge >= 0.3 is 0 Å². The van der Waals surface area contributed by atoms with Crippen molar-refractivity contribution in [1.29, 1.82) is 0 Å². The third kappa shape index (κ3) is 2.79. The molecule has 4 rings (SSSR count).